The number of rotatable bonds is 7. The van der Waals surface area contributed by atoms with Gasteiger partial charge >= 0.3 is 0 Å². The van der Waals surface area contributed by atoms with E-state index in [4.69, 9.17) is 4.42 Å². The number of hydrogen-bond acceptors (Lipinski definition) is 2. The number of furan rings is 1. The SMILES string of the molecule is c1cc(-c2ccc(N(c3ccc(-c4cc5ccccc5c5ccccc45)cc3)c3ccc(-c4cc5ccccc5c5ccccc45)cc3)c3c2oc2ccccc23)cc(-n2c3ccccc3c3ccccc32)c1. The fourth-order valence-corrected chi connectivity index (χ4v) is 11.8. The average molecular weight is 929 g/mol. The van der Waals surface area contributed by atoms with Crippen molar-refractivity contribution in [2.24, 2.45) is 0 Å². The van der Waals surface area contributed by atoms with Crippen molar-refractivity contribution in [1.29, 1.82) is 0 Å². The van der Waals surface area contributed by atoms with Crippen LogP contribution in [-0.4, -0.2) is 4.57 Å². The average Bonchev–Trinajstić information content (AvgIpc) is 4.03. The van der Waals surface area contributed by atoms with Crippen LogP contribution in [0.25, 0.3) is 126 Å². The smallest absolute Gasteiger partial charge is 0.145 e. The Balaban J connectivity index is 0.922. The van der Waals surface area contributed by atoms with Crippen molar-refractivity contribution in [2.75, 3.05) is 4.90 Å². The minimum Gasteiger partial charge on any atom is -0.455 e. The molecule has 2 aromatic heterocycles. The summed E-state index contributed by atoms with van der Waals surface area (Å²) in [6, 6.07) is 97.2. The summed E-state index contributed by atoms with van der Waals surface area (Å²) in [7, 11) is 0. The maximum Gasteiger partial charge on any atom is 0.145 e. The van der Waals surface area contributed by atoms with Crippen LogP contribution in [0.15, 0.2) is 271 Å². The van der Waals surface area contributed by atoms with Gasteiger partial charge in [0.25, 0.3) is 0 Å². The Labute approximate surface area is 421 Å². The van der Waals surface area contributed by atoms with Crippen molar-refractivity contribution in [3.05, 3.63) is 267 Å². The molecule has 0 radical (unpaired) electrons. The van der Waals surface area contributed by atoms with E-state index >= 15 is 0 Å². The third-order valence-electron chi connectivity index (χ3n) is 15.1. The molecule has 3 heteroatoms. The van der Waals surface area contributed by atoms with Gasteiger partial charge < -0.3 is 13.9 Å². The van der Waals surface area contributed by atoms with Crippen molar-refractivity contribution >= 4 is 104 Å². The second-order valence-corrected chi connectivity index (χ2v) is 19.2. The topological polar surface area (TPSA) is 21.3 Å². The maximum absolute atomic E-state index is 7.04. The number of anilines is 3. The van der Waals surface area contributed by atoms with Gasteiger partial charge in [-0.2, -0.15) is 0 Å². The molecule has 0 N–H and O–H groups in total. The van der Waals surface area contributed by atoms with Crippen LogP contribution in [0, 0.1) is 0 Å². The predicted octanol–water partition coefficient (Wildman–Crippen LogP) is 19.8. The molecule has 3 nitrogen and oxygen atoms in total. The second-order valence-electron chi connectivity index (χ2n) is 19.2. The van der Waals surface area contributed by atoms with E-state index in [2.05, 4.69) is 276 Å². The van der Waals surface area contributed by atoms with Gasteiger partial charge in [-0.3, -0.25) is 0 Å². The van der Waals surface area contributed by atoms with E-state index in [-0.39, 0.29) is 0 Å². The fourth-order valence-electron chi connectivity index (χ4n) is 11.8. The van der Waals surface area contributed by atoms with Gasteiger partial charge in [0.05, 0.1) is 22.1 Å². The molecule has 15 rings (SSSR count). The summed E-state index contributed by atoms with van der Waals surface area (Å²) in [5, 5.41) is 14.6. The van der Waals surface area contributed by atoms with Gasteiger partial charge in [0.15, 0.2) is 0 Å². The maximum atomic E-state index is 7.04. The van der Waals surface area contributed by atoms with Gasteiger partial charge in [-0.15, -0.1) is 0 Å². The molecule has 0 aliphatic carbocycles. The zero-order valence-corrected chi connectivity index (χ0v) is 39.7. The van der Waals surface area contributed by atoms with E-state index in [1.165, 1.54) is 87.1 Å². The molecule has 0 unspecified atom stereocenters. The Morgan fingerprint density at radius 3 is 1.33 bits per heavy atom. The van der Waals surface area contributed by atoms with Crippen LogP contribution in [0.4, 0.5) is 17.1 Å². The van der Waals surface area contributed by atoms with Gasteiger partial charge in [0.2, 0.25) is 0 Å². The molecular weight excluding hydrogens is 885 g/mol. The lowest BCUT2D eigenvalue weighted by Crippen LogP contribution is -2.10. The lowest BCUT2D eigenvalue weighted by atomic mass is 9.93. The van der Waals surface area contributed by atoms with Crippen molar-refractivity contribution < 1.29 is 4.42 Å². The highest BCUT2D eigenvalue weighted by Gasteiger charge is 2.24. The predicted molar refractivity (Wildman–Crippen MR) is 309 cm³/mol. The minimum atomic E-state index is 0.849. The van der Waals surface area contributed by atoms with Gasteiger partial charge in [-0.05, 0) is 150 Å². The van der Waals surface area contributed by atoms with E-state index in [0.717, 1.165) is 55.8 Å². The van der Waals surface area contributed by atoms with Gasteiger partial charge in [-0.25, -0.2) is 0 Å². The van der Waals surface area contributed by atoms with Crippen LogP contribution < -0.4 is 4.90 Å². The first-order valence-corrected chi connectivity index (χ1v) is 25.1. The van der Waals surface area contributed by atoms with Crippen molar-refractivity contribution in [3.8, 4) is 39.1 Å². The molecule has 13 aromatic carbocycles. The molecule has 340 valence electrons. The Morgan fingerprint density at radius 2 is 0.767 bits per heavy atom. The van der Waals surface area contributed by atoms with Crippen molar-refractivity contribution in [3.63, 3.8) is 0 Å². The van der Waals surface area contributed by atoms with E-state index in [9.17, 15) is 0 Å². The lowest BCUT2D eigenvalue weighted by Gasteiger charge is -2.27. The summed E-state index contributed by atoms with van der Waals surface area (Å²) in [5.74, 6) is 0. The summed E-state index contributed by atoms with van der Waals surface area (Å²) >= 11 is 0. The van der Waals surface area contributed by atoms with Crippen LogP contribution in [-0.2, 0) is 0 Å². The summed E-state index contributed by atoms with van der Waals surface area (Å²) < 4.78 is 9.43. The molecule has 2 heterocycles. The van der Waals surface area contributed by atoms with Crippen molar-refractivity contribution in [1.82, 2.24) is 4.57 Å². The first-order chi connectivity index (χ1) is 36.2. The highest BCUT2D eigenvalue weighted by Crippen LogP contribution is 2.48. The summed E-state index contributed by atoms with van der Waals surface area (Å²) in [5.41, 5.74) is 15.2. The molecule has 0 amide bonds. The van der Waals surface area contributed by atoms with Crippen molar-refractivity contribution in [2.45, 2.75) is 0 Å². The Morgan fingerprint density at radius 1 is 0.301 bits per heavy atom. The summed E-state index contributed by atoms with van der Waals surface area (Å²) in [6.45, 7) is 0. The number of fused-ring (bicyclic) bond motifs is 12. The highest BCUT2D eigenvalue weighted by atomic mass is 16.3. The van der Waals surface area contributed by atoms with Crippen LogP contribution in [0.1, 0.15) is 0 Å². The number of nitrogens with zero attached hydrogens (tertiary/aromatic N) is 2. The minimum absolute atomic E-state index is 0.849. The van der Waals surface area contributed by atoms with E-state index in [1.807, 2.05) is 0 Å². The third-order valence-corrected chi connectivity index (χ3v) is 15.1. The van der Waals surface area contributed by atoms with Crippen LogP contribution in [0.3, 0.4) is 0 Å². The molecule has 0 saturated carbocycles. The molecule has 0 saturated heterocycles. The van der Waals surface area contributed by atoms with E-state index in [0.29, 0.717) is 0 Å². The number of aromatic nitrogens is 1. The lowest BCUT2D eigenvalue weighted by molar-refractivity contribution is 0.670. The zero-order valence-electron chi connectivity index (χ0n) is 39.7. The van der Waals surface area contributed by atoms with E-state index in [1.54, 1.807) is 0 Å². The summed E-state index contributed by atoms with van der Waals surface area (Å²) in [4.78, 5) is 2.41. The number of benzene rings is 13. The molecule has 0 aliphatic rings. The molecule has 0 aliphatic heterocycles. The zero-order chi connectivity index (χ0) is 48.0. The fraction of sp³-hybridized carbons (Fsp3) is 0. The third kappa shape index (κ3) is 6.53. The van der Waals surface area contributed by atoms with Gasteiger partial charge in [0.1, 0.15) is 11.2 Å². The molecule has 0 atom stereocenters. The number of para-hydroxylation sites is 3. The molecular formula is C70H44N2O. The Kier molecular flexibility index (Phi) is 9.26. The van der Waals surface area contributed by atoms with Crippen LogP contribution >= 0.6 is 0 Å². The molecule has 73 heavy (non-hydrogen) atoms. The van der Waals surface area contributed by atoms with Crippen LogP contribution in [0.2, 0.25) is 0 Å². The molecule has 0 spiro atoms. The van der Waals surface area contributed by atoms with E-state index < -0.39 is 0 Å². The van der Waals surface area contributed by atoms with Crippen LogP contribution in [0.5, 0.6) is 0 Å². The van der Waals surface area contributed by atoms with Gasteiger partial charge in [0, 0.05) is 38.8 Å². The number of hydrogen-bond donors (Lipinski definition) is 0. The first kappa shape index (κ1) is 41.1. The largest absolute Gasteiger partial charge is 0.455 e. The molecule has 15 aromatic rings. The Bertz CT molecular complexity index is 4460. The Hall–Kier alpha value is -9.70. The highest BCUT2D eigenvalue weighted by molar-refractivity contribution is 6.18. The molecule has 0 fully saturated rings. The quantitative estimate of drug-likeness (QED) is 0.149. The summed E-state index contributed by atoms with van der Waals surface area (Å²) in [6.07, 6.45) is 0. The standard InChI is InChI=1S/C70H44N2O/c1-3-20-53-48(16-1)43-63(58-24-7-5-22-56(53)58)45-32-36-50(37-33-45)71(51-38-34-46(35-39-51)64-44-49-17-2-4-21-54(49)57-23-6-8-25-59(57)64)67-41-40-55(70-69(67)62-28-11-14-31-68(62)73-70)47-18-15-19-52(42-47)72-65-29-12-9-26-60(65)61-27-10-13-30-66(61)72/h1-44H. The normalized spacial score (nSPS) is 11.8. The monoisotopic (exact) mass is 928 g/mol. The first-order valence-electron chi connectivity index (χ1n) is 25.1. The van der Waals surface area contributed by atoms with Gasteiger partial charge in [-0.1, -0.05) is 188 Å². The second kappa shape index (κ2) is 16.4. The molecule has 0 bridgehead atoms.